The van der Waals surface area contributed by atoms with E-state index in [1.807, 2.05) is 4.57 Å². The number of imide groups is 1. The van der Waals surface area contributed by atoms with Crippen molar-refractivity contribution < 1.29 is 24.0 Å². The fraction of sp³-hybridized carbons (Fsp3) is 0.294. The van der Waals surface area contributed by atoms with E-state index < -0.39 is 17.8 Å². The Kier molecular flexibility index (Phi) is 3.61. The van der Waals surface area contributed by atoms with Crippen LogP contribution in [0.4, 0.5) is 0 Å². The molecule has 8 heteroatoms. The largest absolute Gasteiger partial charge is 0.383 e. The molecule has 2 aliphatic rings. The third-order valence-electron chi connectivity index (χ3n) is 4.43. The highest BCUT2D eigenvalue weighted by atomic mass is 16.7. The van der Waals surface area contributed by atoms with Crippen molar-refractivity contribution in [3.05, 3.63) is 53.1 Å². The number of hydrogen-bond acceptors (Lipinski definition) is 6. The molecule has 2 aromatic rings. The Bertz CT molecular complexity index is 853. The van der Waals surface area contributed by atoms with Crippen molar-refractivity contribution in [2.45, 2.75) is 25.5 Å². The van der Waals surface area contributed by atoms with Gasteiger partial charge in [0.15, 0.2) is 5.69 Å². The van der Waals surface area contributed by atoms with Crippen molar-refractivity contribution in [2.24, 2.45) is 0 Å². The Morgan fingerprint density at radius 1 is 1.20 bits per heavy atom. The lowest BCUT2D eigenvalue weighted by Crippen LogP contribution is -2.32. The molecule has 1 atom stereocenters. The number of fused-ring (bicyclic) bond motifs is 2. The first-order chi connectivity index (χ1) is 12.1. The monoisotopic (exact) mass is 341 g/mol. The SMILES string of the molecule is COC1CCn2cc(C(=O)ON3C(=O)c4ccccc4C3=O)nc2C1. The molecule has 25 heavy (non-hydrogen) atoms. The normalized spacial score (nSPS) is 18.9. The number of hydroxylamine groups is 2. The van der Waals surface area contributed by atoms with Crippen LogP contribution in [0.15, 0.2) is 30.5 Å². The minimum Gasteiger partial charge on any atom is -0.381 e. The zero-order chi connectivity index (χ0) is 17.6. The van der Waals surface area contributed by atoms with Gasteiger partial charge in [-0.1, -0.05) is 17.2 Å². The lowest BCUT2D eigenvalue weighted by atomic mass is 10.1. The molecule has 0 fully saturated rings. The number of rotatable bonds is 3. The summed E-state index contributed by atoms with van der Waals surface area (Å²) in [4.78, 5) is 46.1. The summed E-state index contributed by atoms with van der Waals surface area (Å²) >= 11 is 0. The average molecular weight is 341 g/mol. The maximum absolute atomic E-state index is 12.3. The van der Waals surface area contributed by atoms with Gasteiger partial charge >= 0.3 is 5.97 Å². The quantitative estimate of drug-likeness (QED) is 0.780. The van der Waals surface area contributed by atoms with E-state index in [1.165, 1.54) is 12.1 Å². The maximum atomic E-state index is 12.3. The Morgan fingerprint density at radius 3 is 2.52 bits per heavy atom. The van der Waals surface area contributed by atoms with Gasteiger partial charge in [0.1, 0.15) is 5.82 Å². The van der Waals surface area contributed by atoms with E-state index in [4.69, 9.17) is 9.57 Å². The fourth-order valence-electron chi connectivity index (χ4n) is 3.08. The van der Waals surface area contributed by atoms with Crippen molar-refractivity contribution in [2.75, 3.05) is 7.11 Å². The number of ether oxygens (including phenoxy) is 1. The van der Waals surface area contributed by atoms with Crippen LogP contribution in [0.2, 0.25) is 0 Å². The molecule has 1 unspecified atom stereocenters. The number of carbonyl (C=O) groups excluding carboxylic acids is 3. The lowest BCUT2D eigenvalue weighted by Gasteiger charge is -2.21. The number of hydrogen-bond donors (Lipinski definition) is 0. The number of aryl methyl sites for hydroxylation is 1. The minimum absolute atomic E-state index is 0.0586. The molecule has 0 spiro atoms. The third kappa shape index (κ3) is 2.51. The predicted octanol–water partition coefficient (Wildman–Crippen LogP) is 1.21. The highest BCUT2D eigenvalue weighted by molar-refractivity contribution is 6.21. The second-order valence-electron chi connectivity index (χ2n) is 5.92. The molecule has 8 nitrogen and oxygen atoms in total. The molecule has 0 N–H and O–H groups in total. The Labute approximate surface area is 142 Å². The van der Waals surface area contributed by atoms with Gasteiger partial charge in [-0.15, -0.1) is 0 Å². The Hall–Kier alpha value is -3.00. The van der Waals surface area contributed by atoms with E-state index in [2.05, 4.69) is 4.98 Å². The van der Waals surface area contributed by atoms with Gasteiger partial charge in [-0.2, -0.15) is 0 Å². The minimum atomic E-state index is -0.842. The number of benzene rings is 1. The van der Waals surface area contributed by atoms with Crippen LogP contribution in [0, 0.1) is 0 Å². The number of amides is 2. The van der Waals surface area contributed by atoms with E-state index in [-0.39, 0.29) is 22.9 Å². The summed E-state index contributed by atoms with van der Waals surface area (Å²) in [5.41, 5.74) is 0.489. The lowest BCUT2D eigenvalue weighted by molar-refractivity contribution is -0.0588. The van der Waals surface area contributed by atoms with Crippen LogP contribution in [-0.2, 0) is 22.5 Å². The molecule has 1 aromatic carbocycles. The number of carbonyl (C=O) groups is 3. The molecule has 0 aliphatic carbocycles. The number of aromatic nitrogens is 2. The molecule has 4 rings (SSSR count). The summed E-state index contributed by atoms with van der Waals surface area (Å²) in [6.07, 6.45) is 3.06. The zero-order valence-corrected chi connectivity index (χ0v) is 13.5. The first-order valence-corrected chi connectivity index (χ1v) is 7.87. The molecular weight excluding hydrogens is 326 g/mol. The number of imidazole rings is 1. The molecule has 0 saturated heterocycles. The van der Waals surface area contributed by atoms with Gasteiger partial charge in [-0.3, -0.25) is 9.59 Å². The van der Waals surface area contributed by atoms with Crippen molar-refractivity contribution in [3.63, 3.8) is 0 Å². The van der Waals surface area contributed by atoms with Gasteiger partial charge < -0.3 is 14.1 Å². The second-order valence-corrected chi connectivity index (χ2v) is 5.92. The molecule has 0 bridgehead atoms. The smallest absolute Gasteiger partial charge is 0.381 e. The van der Waals surface area contributed by atoms with Crippen molar-refractivity contribution in [3.8, 4) is 0 Å². The summed E-state index contributed by atoms with van der Waals surface area (Å²) in [6.45, 7) is 0.682. The maximum Gasteiger partial charge on any atom is 0.383 e. The summed E-state index contributed by atoms with van der Waals surface area (Å²) in [5, 5.41) is 0.489. The number of methoxy groups -OCH3 is 1. The van der Waals surface area contributed by atoms with Gasteiger partial charge in [0.05, 0.1) is 17.2 Å². The van der Waals surface area contributed by atoms with Crippen molar-refractivity contribution in [1.82, 2.24) is 14.6 Å². The average Bonchev–Trinajstić information content (AvgIpc) is 3.16. The van der Waals surface area contributed by atoms with Gasteiger partial charge in [-0.25, -0.2) is 9.78 Å². The van der Waals surface area contributed by atoms with Gasteiger partial charge in [-0.05, 0) is 18.6 Å². The second kappa shape index (κ2) is 5.82. The van der Waals surface area contributed by atoms with E-state index in [1.54, 1.807) is 25.4 Å². The van der Waals surface area contributed by atoms with Crippen molar-refractivity contribution in [1.29, 1.82) is 0 Å². The van der Waals surface area contributed by atoms with Crippen LogP contribution >= 0.6 is 0 Å². The molecule has 3 heterocycles. The molecule has 0 saturated carbocycles. The molecular formula is C17H15N3O5. The summed E-state index contributed by atoms with van der Waals surface area (Å²) in [7, 11) is 1.64. The standard InChI is InChI=1S/C17H15N3O5/c1-24-10-6-7-19-9-13(18-14(19)8-10)17(23)25-20-15(21)11-4-2-3-5-12(11)16(20)22/h2-5,9-10H,6-8H2,1H3. The van der Waals surface area contributed by atoms with E-state index in [0.717, 1.165) is 6.42 Å². The fourth-order valence-corrected chi connectivity index (χ4v) is 3.08. The zero-order valence-electron chi connectivity index (χ0n) is 13.5. The summed E-state index contributed by atoms with van der Waals surface area (Å²) in [6, 6.07) is 6.32. The van der Waals surface area contributed by atoms with Crippen LogP contribution in [0.1, 0.15) is 43.4 Å². The first kappa shape index (κ1) is 15.5. The van der Waals surface area contributed by atoms with Crippen LogP contribution in [0.5, 0.6) is 0 Å². The number of nitrogens with zero attached hydrogens (tertiary/aromatic N) is 3. The first-order valence-electron chi connectivity index (χ1n) is 7.87. The van der Waals surface area contributed by atoms with Gasteiger partial charge in [0, 0.05) is 26.3 Å². The van der Waals surface area contributed by atoms with E-state index in [9.17, 15) is 14.4 Å². The third-order valence-corrected chi connectivity index (χ3v) is 4.43. The topological polar surface area (TPSA) is 90.7 Å². The Balaban J connectivity index is 1.53. The van der Waals surface area contributed by atoms with Crippen LogP contribution in [0.3, 0.4) is 0 Å². The molecule has 128 valence electrons. The molecule has 2 aliphatic heterocycles. The van der Waals surface area contributed by atoms with E-state index in [0.29, 0.717) is 23.9 Å². The molecule has 0 radical (unpaired) electrons. The molecule has 1 aromatic heterocycles. The highest BCUT2D eigenvalue weighted by Crippen LogP contribution is 2.24. The van der Waals surface area contributed by atoms with Gasteiger partial charge in [0.25, 0.3) is 11.8 Å². The summed E-state index contributed by atoms with van der Waals surface area (Å²) < 4.78 is 7.18. The highest BCUT2D eigenvalue weighted by Gasteiger charge is 2.39. The van der Waals surface area contributed by atoms with Crippen molar-refractivity contribution >= 4 is 17.8 Å². The summed E-state index contributed by atoms with van der Waals surface area (Å²) in [5.74, 6) is -1.44. The van der Waals surface area contributed by atoms with Crippen LogP contribution in [0.25, 0.3) is 0 Å². The van der Waals surface area contributed by atoms with Gasteiger partial charge in [0.2, 0.25) is 0 Å². The molecule has 2 amide bonds. The predicted molar refractivity (Wildman–Crippen MR) is 83.7 cm³/mol. The Morgan fingerprint density at radius 2 is 1.88 bits per heavy atom. The van der Waals surface area contributed by atoms with E-state index >= 15 is 0 Å². The van der Waals surface area contributed by atoms with Crippen LogP contribution < -0.4 is 0 Å². The van der Waals surface area contributed by atoms with Crippen LogP contribution in [-0.4, -0.2) is 45.6 Å².